The second-order valence-corrected chi connectivity index (χ2v) is 9.16. The summed E-state index contributed by atoms with van der Waals surface area (Å²) in [7, 11) is 0. The van der Waals surface area contributed by atoms with Crippen LogP contribution in [0.15, 0.2) is 30.3 Å². The molecule has 7 nitrogen and oxygen atoms in total. The summed E-state index contributed by atoms with van der Waals surface area (Å²) in [6.45, 7) is 8.86. The molecule has 8 heteroatoms. The van der Waals surface area contributed by atoms with Crippen molar-refractivity contribution in [1.29, 1.82) is 0 Å². The third-order valence-corrected chi connectivity index (χ3v) is 7.04. The number of nitrogens with zero attached hydrogens (tertiary/aromatic N) is 6. The highest BCUT2D eigenvalue weighted by molar-refractivity contribution is 7.71. The Morgan fingerprint density at radius 3 is 2.48 bits per heavy atom. The van der Waals surface area contributed by atoms with Crippen LogP contribution in [0, 0.1) is 11.7 Å². The molecule has 0 spiro atoms. The molecule has 0 bridgehead atoms. The Morgan fingerprint density at radius 2 is 1.71 bits per heavy atom. The number of pyridine rings is 1. The number of para-hydroxylation sites is 1. The predicted octanol–water partition coefficient (Wildman–Crippen LogP) is 2.91. The van der Waals surface area contributed by atoms with Crippen molar-refractivity contribution >= 4 is 34.7 Å². The molecule has 5 rings (SSSR count). The average Bonchev–Trinajstić information content (AvgIpc) is 3.10. The molecular formula is C23H30N6OS. The molecule has 0 N–H and O–H groups in total. The van der Waals surface area contributed by atoms with Crippen molar-refractivity contribution < 1.29 is 4.79 Å². The van der Waals surface area contributed by atoms with Crippen molar-refractivity contribution in [3.8, 4) is 0 Å². The molecule has 1 aromatic carbocycles. The maximum atomic E-state index is 12.6. The van der Waals surface area contributed by atoms with Crippen LogP contribution < -0.4 is 0 Å². The minimum absolute atomic E-state index is 0.290. The molecule has 4 heterocycles. The van der Waals surface area contributed by atoms with E-state index in [4.69, 9.17) is 17.3 Å². The molecule has 0 unspecified atom stereocenters. The summed E-state index contributed by atoms with van der Waals surface area (Å²) in [6, 6.07) is 10.5. The number of aryl methyl sites for hydroxylation is 1. The number of likely N-dealkylation sites (tertiary alicyclic amines) is 1. The topological polar surface area (TPSA) is 49.0 Å². The first-order valence-electron chi connectivity index (χ1n) is 11.3. The van der Waals surface area contributed by atoms with Gasteiger partial charge in [-0.1, -0.05) is 18.2 Å². The first-order chi connectivity index (χ1) is 15.1. The summed E-state index contributed by atoms with van der Waals surface area (Å²) in [4.78, 5) is 19.3. The van der Waals surface area contributed by atoms with Crippen LogP contribution in [0.25, 0.3) is 16.6 Å². The number of rotatable bonds is 4. The number of amides is 1. The zero-order chi connectivity index (χ0) is 21.4. The van der Waals surface area contributed by atoms with Gasteiger partial charge in [0.25, 0.3) is 0 Å². The quantitative estimate of drug-likeness (QED) is 0.587. The number of hydrogen-bond acceptors (Lipinski definition) is 5. The van der Waals surface area contributed by atoms with Gasteiger partial charge in [0.2, 0.25) is 10.7 Å². The number of carbonyl (C=O) groups excluding carboxylic acids is 1. The number of fused-ring (bicyclic) bond motifs is 3. The van der Waals surface area contributed by atoms with E-state index in [-0.39, 0.29) is 5.91 Å². The summed E-state index contributed by atoms with van der Waals surface area (Å²) in [6.07, 6.45) is 3.55. The van der Waals surface area contributed by atoms with Crippen molar-refractivity contribution in [3.63, 3.8) is 0 Å². The van der Waals surface area contributed by atoms with Gasteiger partial charge in [0.1, 0.15) is 0 Å². The highest BCUT2D eigenvalue weighted by Gasteiger charge is 2.23. The maximum Gasteiger partial charge on any atom is 0.236 e. The van der Waals surface area contributed by atoms with E-state index in [2.05, 4.69) is 45.4 Å². The monoisotopic (exact) mass is 438 g/mol. The SMILES string of the molecule is Cc1cc2nn(CN3CCN(CC(=O)N4CCCCC4)CC3)c(=S)n2c2ccccc12. The molecule has 0 aliphatic carbocycles. The Labute approximate surface area is 187 Å². The van der Waals surface area contributed by atoms with E-state index in [1.807, 2.05) is 15.6 Å². The molecule has 2 aliphatic heterocycles. The number of aromatic nitrogens is 3. The Balaban J connectivity index is 1.25. The standard InChI is InChI=1S/C23H30N6OS/c1-18-15-21-24-28(23(31)29(21)20-8-4-3-7-19(18)20)17-26-13-11-25(12-14-26)16-22(30)27-9-5-2-6-10-27/h3-4,7-8,15H,2,5-6,9-14,16-17H2,1H3. The van der Waals surface area contributed by atoms with Gasteiger partial charge in [0, 0.05) is 44.7 Å². The third kappa shape index (κ3) is 4.12. The normalized spacial score (nSPS) is 18.8. The van der Waals surface area contributed by atoms with Crippen LogP contribution in [-0.2, 0) is 11.5 Å². The van der Waals surface area contributed by atoms with Crippen molar-refractivity contribution in [2.75, 3.05) is 45.8 Å². The first-order valence-corrected chi connectivity index (χ1v) is 11.7. The fourth-order valence-corrected chi connectivity index (χ4v) is 5.11. The maximum absolute atomic E-state index is 12.6. The van der Waals surface area contributed by atoms with Crippen LogP contribution >= 0.6 is 12.2 Å². The van der Waals surface area contributed by atoms with Gasteiger partial charge in [-0.25, -0.2) is 4.68 Å². The fourth-order valence-electron chi connectivity index (χ4n) is 4.82. The molecule has 0 atom stereocenters. The highest BCUT2D eigenvalue weighted by atomic mass is 32.1. The summed E-state index contributed by atoms with van der Waals surface area (Å²) < 4.78 is 4.74. The molecule has 2 aliphatic rings. The minimum Gasteiger partial charge on any atom is -0.342 e. The van der Waals surface area contributed by atoms with Crippen LogP contribution in [0.3, 0.4) is 0 Å². The first kappa shape index (κ1) is 20.6. The van der Waals surface area contributed by atoms with E-state index in [0.717, 1.165) is 68.0 Å². The van der Waals surface area contributed by atoms with Gasteiger partial charge in [-0.3, -0.25) is 19.0 Å². The zero-order valence-electron chi connectivity index (χ0n) is 18.2. The lowest BCUT2D eigenvalue weighted by molar-refractivity contribution is -0.133. The van der Waals surface area contributed by atoms with Gasteiger partial charge in [-0.05, 0) is 56.1 Å². The summed E-state index contributed by atoms with van der Waals surface area (Å²) in [5, 5.41) is 6.01. The molecule has 31 heavy (non-hydrogen) atoms. The van der Waals surface area contributed by atoms with Crippen LogP contribution in [0.1, 0.15) is 24.8 Å². The summed E-state index contributed by atoms with van der Waals surface area (Å²) in [5.41, 5.74) is 3.21. The number of benzene rings is 1. The number of piperidine rings is 1. The third-order valence-electron chi connectivity index (χ3n) is 6.65. The molecule has 0 saturated carbocycles. The molecule has 2 aromatic heterocycles. The van der Waals surface area contributed by atoms with Gasteiger partial charge in [-0.2, -0.15) is 5.10 Å². The molecule has 3 aromatic rings. The molecule has 0 radical (unpaired) electrons. The lowest BCUT2D eigenvalue weighted by Crippen LogP contribution is -2.50. The van der Waals surface area contributed by atoms with E-state index in [1.165, 1.54) is 17.4 Å². The molecule has 1 amide bonds. The lowest BCUT2D eigenvalue weighted by Gasteiger charge is -2.35. The van der Waals surface area contributed by atoms with Crippen LogP contribution in [0.5, 0.6) is 0 Å². The highest BCUT2D eigenvalue weighted by Crippen LogP contribution is 2.21. The molecule has 164 valence electrons. The molecule has 2 fully saturated rings. The average molecular weight is 439 g/mol. The van der Waals surface area contributed by atoms with Gasteiger partial charge in [0.15, 0.2) is 5.65 Å². The van der Waals surface area contributed by atoms with Gasteiger partial charge >= 0.3 is 0 Å². The van der Waals surface area contributed by atoms with E-state index < -0.39 is 0 Å². The number of piperazine rings is 1. The second kappa shape index (κ2) is 8.68. The van der Waals surface area contributed by atoms with Gasteiger partial charge in [0.05, 0.1) is 18.7 Å². The molecular weight excluding hydrogens is 408 g/mol. The Bertz CT molecular complexity index is 1150. The van der Waals surface area contributed by atoms with Gasteiger partial charge < -0.3 is 4.90 Å². The summed E-state index contributed by atoms with van der Waals surface area (Å²) >= 11 is 5.79. The van der Waals surface area contributed by atoms with Gasteiger partial charge in [-0.15, -0.1) is 0 Å². The lowest BCUT2D eigenvalue weighted by atomic mass is 10.1. The molecule has 2 saturated heterocycles. The Morgan fingerprint density at radius 1 is 1.00 bits per heavy atom. The van der Waals surface area contributed by atoms with Crippen LogP contribution in [0.4, 0.5) is 0 Å². The number of carbonyl (C=O) groups is 1. The van der Waals surface area contributed by atoms with Crippen LogP contribution in [-0.4, -0.2) is 80.6 Å². The summed E-state index contributed by atoms with van der Waals surface area (Å²) in [5.74, 6) is 0.290. The van der Waals surface area contributed by atoms with Crippen molar-refractivity contribution in [3.05, 3.63) is 40.7 Å². The van der Waals surface area contributed by atoms with E-state index >= 15 is 0 Å². The zero-order valence-corrected chi connectivity index (χ0v) is 19.0. The fraction of sp³-hybridized carbons (Fsp3) is 0.522. The smallest absolute Gasteiger partial charge is 0.236 e. The second-order valence-electron chi connectivity index (χ2n) is 8.80. The van der Waals surface area contributed by atoms with Crippen molar-refractivity contribution in [1.82, 2.24) is 28.9 Å². The Kier molecular flexibility index (Phi) is 5.77. The minimum atomic E-state index is 0.290. The largest absolute Gasteiger partial charge is 0.342 e. The Hall–Kier alpha value is -2.29. The predicted molar refractivity (Wildman–Crippen MR) is 125 cm³/mol. The van der Waals surface area contributed by atoms with Crippen molar-refractivity contribution in [2.24, 2.45) is 0 Å². The van der Waals surface area contributed by atoms with E-state index in [9.17, 15) is 4.79 Å². The number of hydrogen-bond donors (Lipinski definition) is 0. The van der Waals surface area contributed by atoms with E-state index in [0.29, 0.717) is 13.2 Å². The van der Waals surface area contributed by atoms with Crippen molar-refractivity contribution in [2.45, 2.75) is 32.9 Å². The van der Waals surface area contributed by atoms with E-state index in [1.54, 1.807) is 0 Å². The van der Waals surface area contributed by atoms with Crippen LogP contribution in [0.2, 0.25) is 0 Å².